The molecule has 0 spiro atoms. The first-order valence-corrected chi connectivity index (χ1v) is 8.18. The molecule has 2 aliphatic rings. The fraction of sp³-hybridized carbons (Fsp3) is 0.500. The Morgan fingerprint density at radius 1 is 1.41 bits per heavy atom. The zero-order chi connectivity index (χ0) is 15.5. The van der Waals surface area contributed by atoms with Crippen LogP contribution in [0.1, 0.15) is 19.3 Å². The minimum absolute atomic E-state index is 0.0898. The van der Waals surface area contributed by atoms with E-state index in [9.17, 15) is 9.59 Å². The van der Waals surface area contributed by atoms with Gasteiger partial charge in [-0.2, -0.15) is 0 Å². The van der Waals surface area contributed by atoms with Crippen LogP contribution in [0.4, 0.5) is 16.4 Å². The summed E-state index contributed by atoms with van der Waals surface area (Å²) in [4.78, 5) is 30.1. The largest absolute Gasteiger partial charge is 0.444 e. The van der Waals surface area contributed by atoms with Crippen molar-refractivity contribution in [1.29, 1.82) is 0 Å². The average Bonchev–Trinajstić information content (AvgIpc) is 2.87. The van der Waals surface area contributed by atoms with Crippen LogP contribution in [0.15, 0.2) is 17.0 Å². The van der Waals surface area contributed by atoms with Crippen molar-refractivity contribution >= 4 is 35.4 Å². The highest BCUT2D eigenvalue weighted by atomic mass is 32.2. The zero-order valence-corrected chi connectivity index (χ0v) is 12.8. The van der Waals surface area contributed by atoms with Crippen molar-refractivity contribution < 1.29 is 19.4 Å². The van der Waals surface area contributed by atoms with Gasteiger partial charge in [0.05, 0.1) is 17.2 Å². The number of hydrogen-bond acceptors (Lipinski definition) is 6. The van der Waals surface area contributed by atoms with Gasteiger partial charge in [0, 0.05) is 6.61 Å². The third kappa shape index (κ3) is 3.17. The number of carbonyl (C=O) groups is 2. The number of anilines is 2. The van der Waals surface area contributed by atoms with Gasteiger partial charge in [0.25, 0.3) is 0 Å². The molecule has 2 aliphatic heterocycles. The highest BCUT2D eigenvalue weighted by molar-refractivity contribution is 8.00. The van der Waals surface area contributed by atoms with E-state index in [1.807, 2.05) is 6.07 Å². The molecule has 7 nitrogen and oxygen atoms in total. The summed E-state index contributed by atoms with van der Waals surface area (Å²) in [5.41, 5.74) is 0. The van der Waals surface area contributed by atoms with Crippen molar-refractivity contribution in [3.8, 4) is 0 Å². The van der Waals surface area contributed by atoms with Crippen LogP contribution in [0.25, 0.3) is 0 Å². The van der Waals surface area contributed by atoms with Crippen molar-refractivity contribution in [2.24, 2.45) is 0 Å². The molecule has 3 heterocycles. The van der Waals surface area contributed by atoms with Crippen LogP contribution in [0.2, 0.25) is 0 Å². The topological polar surface area (TPSA) is 91.8 Å². The van der Waals surface area contributed by atoms with Crippen molar-refractivity contribution in [2.45, 2.75) is 30.3 Å². The normalized spacial score (nSPS) is 20.6. The van der Waals surface area contributed by atoms with Crippen LogP contribution in [0, 0.1) is 0 Å². The SMILES string of the molecule is O=C1CSc2ccc(N3C[C@@H](CCCCO)OC3=O)nc2N1. The molecule has 1 saturated heterocycles. The second-order valence-electron chi connectivity index (χ2n) is 5.19. The maximum Gasteiger partial charge on any atom is 0.415 e. The lowest BCUT2D eigenvalue weighted by Crippen LogP contribution is -2.27. The minimum Gasteiger partial charge on any atom is -0.444 e. The monoisotopic (exact) mass is 323 g/mol. The molecule has 1 atom stereocenters. The quantitative estimate of drug-likeness (QED) is 0.800. The van der Waals surface area contributed by atoms with E-state index in [2.05, 4.69) is 10.3 Å². The Labute approximate surface area is 132 Å². The van der Waals surface area contributed by atoms with Crippen LogP contribution in [0.5, 0.6) is 0 Å². The van der Waals surface area contributed by atoms with E-state index in [4.69, 9.17) is 9.84 Å². The highest BCUT2D eigenvalue weighted by Gasteiger charge is 2.33. The lowest BCUT2D eigenvalue weighted by molar-refractivity contribution is -0.113. The summed E-state index contributed by atoms with van der Waals surface area (Å²) in [6.07, 6.45) is 1.64. The number of aliphatic hydroxyl groups excluding tert-OH is 1. The molecule has 22 heavy (non-hydrogen) atoms. The van der Waals surface area contributed by atoms with Gasteiger partial charge >= 0.3 is 6.09 Å². The molecule has 2 amide bonds. The number of thioether (sulfide) groups is 1. The van der Waals surface area contributed by atoms with Gasteiger partial charge in [-0.25, -0.2) is 9.78 Å². The molecule has 1 aromatic heterocycles. The average molecular weight is 323 g/mol. The molecule has 0 aliphatic carbocycles. The van der Waals surface area contributed by atoms with Crippen molar-refractivity contribution in [1.82, 2.24) is 4.98 Å². The number of unbranched alkanes of at least 4 members (excludes halogenated alkanes) is 1. The number of pyridine rings is 1. The number of cyclic esters (lactones) is 1. The van der Waals surface area contributed by atoms with Gasteiger partial charge in [0.15, 0.2) is 0 Å². The van der Waals surface area contributed by atoms with E-state index in [1.54, 1.807) is 6.07 Å². The summed E-state index contributed by atoms with van der Waals surface area (Å²) in [5.74, 6) is 1.27. The smallest absolute Gasteiger partial charge is 0.415 e. The number of nitrogens with one attached hydrogen (secondary N) is 1. The number of aliphatic hydroxyl groups is 1. The van der Waals surface area contributed by atoms with Crippen LogP contribution in [-0.4, -0.2) is 47.1 Å². The number of amides is 2. The molecule has 0 saturated carbocycles. The van der Waals surface area contributed by atoms with E-state index in [-0.39, 0.29) is 18.6 Å². The van der Waals surface area contributed by atoms with Gasteiger partial charge < -0.3 is 15.2 Å². The maximum atomic E-state index is 12.0. The van der Waals surface area contributed by atoms with E-state index >= 15 is 0 Å². The Kier molecular flexibility index (Phi) is 4.49. The zero-order valence-electron chi connectivity index (χ0n) is 11.9. The minimum atomic E-state index is -0.420. The molecule has 0 bridgehead atoms. The third-order valence-electron chi connectivity index (χ3n) is 3.54. The van der Waals surface area contributed by atoms with Gasteiger partial charge in [0.2, 0.25) is 5.91 Å². The van der Waals surface area contributed by atoms with Gasteiger partial charge in [-0.15, -0.1) is 11.8 Å². The number of carbonyl (C=O) groups excluding carboxylic acids is 2. The van der Waals surface area contributed by atoms with E-state index in [0.717, 1.165) is 17.7 Å². The number of aromatic nitrogens is 1. The summed E-state index contributed by atoms with van der Waals surface area (Å²) in [7, 11) is 0. The van der Waals surface area contributed by atoms with E-state index < -0.39 is 6.09 Å². The lowest BCUT2D eigenvalue weighted by atomic mass is 10.1. The van der Waals surface area contributed by atoms with Gasteiger partial charge in [-0.1, -0.05) is 0 Å². The third-order valence-corrected chi connectivity index (χ3v) is 4.59. The lowest BCUT2D eigenvalue weighted by Gasteiger charge is -2.18. The Morgan fingerprint density at radius 3 is 3.09 bits per heavy atom. The maximum absolute atomic E-state index is 12.0. The number of ether oxygens (including phenoxy) is 1. The molecule has 1 fully saturated rings. The first-order valence-electron chi connectivity index (χ1n) is 7.20. The predicted octanol–water partition coefficient (Wildman–Crippen LogP) is 1.61. The van der Waals surface area contributed by atoms with Gasteiger partial charge in [-0.05, 0) is 31.4 Å². The molecule has 8 heteroatoms. The number of hydrogen-bond donors (Lipinski definition) is 2. The van der Waals surface area contributed by atoms with E-state index in [0.29, 0.717) is 30.4 Å². The van der Waals surface area contributed by atoms with E-state index in [1.165, 1.54) is 16.7 Å². The summed E-state index contributed by atoms with van der Waals surface area (Å²) in [5, 5.41) is 11.5. The number of nitrogens with zero attached hydrogens (tertiary/aromatic N) is 2. The highest BCUT2D eigenvalue weighted by Crippen LogP contribution is 2.32. The van der Waals surface area contributed by atoms with Crippen LogP contribution < -0.4 is 10.2 Å². The predicted molar refractivity (Wildman–Crippen MR) is 82.1 cm³/mol. The molecular formula is C14H17N3O4S. The van der Waals surface area contributed by atoms with Gasteiger partial charge in [-0.3, -0.25) is 9.69 Å². The molecule has 0 unspecified atom stereocenters. The molecule has 3 rings (SSSR count). The number of fused-ring (bicyclic) bond motifs is 1. The van der Waals surface area contributed by atoms with Crippen LogP contribution >= 0.6 is 11.8 Å². The summed E-state index contributed by atoms with van der Waals surface area (Å²) in [6, 6.07) is 3.62. The standard InChI is InChI=1S/C14H17N3O4S/c18-6-2-1-3-9-7-17(14(20)21-9)11-5-4-10-13(15-11)16-12(19)8-22-10/h4-5,9,18H,1-3,6-8H2,(H,15,16,19)/t9-/m1/s1. The molecule has 0 radical (unpaired) electrons. The first kappa shape index (κ1) is 15.1. The van der Waals surface area contributed by atoms with Crippen LogP contribution in [-0.2, 0) is 9.53 Å². The Hall–Kier alpha value is -1.80. The molecule has 118 valence electrons. The van der Waals surface area contributed by atoms with Gasteiger partial charge in [0.1, 0.15) is 17.7 Å². The second kappa shape index (κ2) is 6.53. The fourth-order valence-corrected chi connectivity index (χ4v) is 3.20. The molecule has 2 N–H and O–H groups in total. The molecule has 0 aromatic carbocycles. The van der Waals surface area contributed by atoms with Crippen molar-refractivity contribution in [3.63, 3.8) is 0 Å². The second-order valence-corrected chi connectivity index (χ2v) is 6.21. The molecular weight excluding hydrogens is 306 g/mol. The first-order chi connectivity index (χ1) is 10.7. The number of rotatable bonds is 5. The van der Waals surface area contributed by atoms with Crippen molar-refractivity contribution in [2.75, 3.05) is 29.1 Å². The summed E-state index contributed by atoms with van der Waals surface area (Å²) < 4.78 is 5.31. The van der Waals surface area contributed by atoms with Crippen molar-refractivity contribution in [3.05, 3.63) is 12.1 Å². The summed E-state index contributed by atoms with van der Waals surface area (Å²) in [6.45, 7) is 0.589. The van der Waals surface area contributed by atoms with Crippen LogP contribution in [0.3, 0.4) is 0 Å². The Bertz CT molecular complexity index is 595. The molecule has 1 aromatic rings. The Balaban J connectivity index is 1.70. The summed E-state index contributed by atoms with van der Waals surface area (Å²) >= 11 is 1.43. The Morgan fingerprint density at radius 2 is 2.27 bits per heavy atom. The fourth-order valence-electron chi connectivity index (χ4n) is 2.45.